The van der Waals surface area contributed by atoms with Crippen molar-refractivity contribution in [2.75, 3.05) is 5.94 Å². The zero-order valence-corrected chi connectivity index (χ0v) is 18.3. The molecule has 0 saturated heterocycles. The molecule has 0 radical (unpaired) electrons. The quantitative estimate of drug-likeness (QED) is 0.289. The maximum atomic E-state index is 12.0. The molecule has 12 heteroatoms. The smallest absolute Gasteiger partial charge is 0.745 e. The molecule has 0 amide bonds. The Morgan fingerprint density at radius 2 is 1.50 bits per heavy atom. The summed E-state index contributed by atoms with van der Waals surface area (Å²) in [5, 5.41) is 0. The van der Waals surface area contributed by atoms with Gasteiger partial charge in [-0.15, -0.1) is 0 Å². The van der Waals surface area contributed by atoms with Gasteiger partial charge in [-0.05, 0) is 72.1 Å². The summed E-state index contributed by atoms with van der Waals surface area (Å²) >= 11 is 8.72. The molecular weight excluding hydrogens is 519 g/mol. The largest absolute Gasteiger partial charge is 1.00 e. The molecule has 0 N–H and O–H groups in total. The van der Waals surface area contributed by atoms with Gasteiger partial charge in [0.15, 0.2) is 5.94 Å². The van der Waals surface area contributed by atoms with E-state index >= 15 is 0 Å². The van der Waals surface area contributed by atoms with E-state index in [0.717, 1.165) is 0 Å². The van der Waals surface area contributed by atoms with E-state index in [2.05, 4.69) is 47.8 Å². The summed E-state index contributed by atoms with van der Waals surface area (Å²) in [4.78, 5) is -0.0320. The van der Waals surface area contributed by atoms with Crippen LogP contribution in [0.15, 0.2) is 29.2 Å². The van der Waals surface area contributed by atoms with Gasteiger partial charge in [0.1, 0.15) is 15.9 Å². The Balaban J connectivity index is 0.00000361. The first-order valence-corrected chi connectivity index (χ1v) is 9.85. The molecule has 0 aliphatic heterocycles. The van der Waals surface area contributed by atoms with Gasteiger partial charge in [-0.3, -0.25) is 0 Å². The summed E-state index contributed by atoms with van der Waals surface area (Å²) in [5.41, 5.74) is 0. The fraction of sp³-hybridized carbons (Fsp3) is 0.250. The van der Waals surface area contributed by atoms with Crippen molar-refractivity contribution < 1.29 is 55.7 Å². The van der Waals surface area contributed by atoms with Crippen LogP contribution >= 0.6 is 47.8 Å². The maximum Gasteiger partial charge on any atom is 1.00 e. The molecule has 0 unspecified atom stereocenters. The summed E-state index contributed by atoms with van der Waals surface area (Å²) in [6, 6.07) is 4.94. The summed E-state index contributed by atoms with van der Waals surface area (Å²) < 4.78 is 58.2. The molecule has 0 aliphatic carbocycles. The number of hydrogen-bond donors (Lipinski definition) is 0. The monoisotopic (exact) mass is 522 g/mol. The number of hydrogen-bond acceptors (Lipinski definition) is 6. The minimum atomic E-state index is -4.50. The summed E-state index contributed by atoms with van der Waals surface area (Å²) in [6.07, 6.45) is 0. The van der Waals surface area contributed by atoms with Gasteiger partial charge in [0, 0.05) is 0 Å². The number of rotatable bonds is 4. The molecule has 0 heterocycles. The Bertz CT molecular complexity index is 650. The van der Waals surface area contributed by atoms with Gasteiger partial charge in [-0.1, -0.05) is 0 Å². The van der Waals surface area contributed by atoms with Gasteiger partial charge < -0.3 is 9.29 Å². The Morgan fingerprint density at radius 1 is 1.05 bits per heavy atom. The van der Waals surface area contributed by atoms with Gasteiger partial charge in [0.05, 0.1) is 4.90 Å². The Morgan fingerprint density at radius 3 is 1.85 bits per heavy atom. The minimum absolute atomic E-state index is 0. The molecule has 1 aromatic rings. The SMILES string of the molecule is O=S(=O)([O-])COc1ccc(S(=O)(=O)C(Br)(Br)Br)cc1.[Na+]. The maximum absolute atomic E-state index is 12.0. The van der Waals surface area contributed by atoms with Crippen LogP contribution in [0.5, 0.6) is 5.75 Å². The van der Waals surface area contributed by atoms with Gasteiger partial charge in [0.2, 0.25) is 11.3 Å². The number of sulfone groups is 1. The van der Waals surface area contributed by atoms with Gasteiger partial charge in [-0.2, -0.15) is 0 Å². The van der Waals surface area contributed by atoms with Gasteiger partial charge in [0.25, 0.3) is 0 Å². The van der Waals surface area contributed by atoms with Crippen LogP contribution in [0, 0.1) is 0 Å². The average Bonchev–Trinajstić information content (AvgIpc) is 2.24. The van der Waals surface area contributed by atoms with E-state index in [4.69, 9.17) is 4.74 Å². The van der Waals surface area contributed by atoms with Crippen molar-refractivity contribution in [2.45, 2.75) is 6.37 Å². The summed E-state index contributed by atoms with van der Waals surface area (Å²) in [5.74, 6) is -0.944. The van der Waals surface area contributed by atoms with Crippen LogP contribution in [0.1, 0.15) is 0 Å². The van der Waals surface area contributed by atoms with E-state index < -0.39 is 27.4 Å². The third-order valence-electron chi connectivity index (χ3n) is 1.81. The third-order valence-corrected chi connectivity index (χ3v) is 7.55. The number of halogens is 3. The van der Waals surface area contributed by atoms with Crippen LogP contribution in [0.4, 0.5) is 0 Å². The summed E-state index contributed by atoms with van der Waals surface area (Å²) in [6.45, 7) is 0. The van der Waals surface area contributed by atoms with Crippen molar-refractivity contribution in [3.8, 4) is 5.75 Å². The standard InChI is InChI=1S/C8H7Br3O6S2.Na/c9-8(10,11)19(15,16)7-3-1-6(2-4-7)17-5-18(12,13)14;/h1-4H,5H2,(H,12,13,14);/q;+1/p-1. The molecule has 0 saturated carbocycles. The van der Waals surface area contributed by atoms with Crippen LogP contribution in [0.25, 0.3) is 0 Å². The molecule has 0 aliphatic rings. The Kier molecular flexibility index (Phi) is 8.24. The van der Waals surface area contributed by atoms with Crippen LogP contribution in [0.3, 0.4) is 0 Å². The molecule has 0 fully saturated rings. The minimum Gasteiger partial charge on any atom is -0.745 e. The van der Waals surface area contributed by atoms with Crippen LogP contribution in [-0.4, -0.2) is 28.8 Å². The van der Waals surface area contributed by atoms with Crippen molar-refractivity contribution in [2.24, 2.45) is 0 Å². The van der Waals surface area contributed by atoms with Crippen molar-refractivity contribution in [3.05, 3.63) is 24.3 Å². The van der Waals surface area contributed by atoms with Gasteiger partial charge in [-0.25, -0.2) is 16.8 Å². The number of ether oxygens (including phenoxy) is 1. The number of benzene rings is 1. The van der Waals surface area contributed by atoms with E-state index in [1.54, 1.807) is 0 Å². The van der Waals surface area contributed by atoms with Crippen LogP contribution in [0.2, 0.25) is 0 Å². The summed E-state index contributed by atoms with van der Waals surface area (Å²) in [7, 11) is -8.22. The molecule has 0 bridgehead atoms. The molecule has 108 valence electrons. The Hall–Kier alpha value is 1.32. The van der Waals surface area contributed by atoms with E-state index in [9.17, 15) is 21.4 Å². The fourth-order valence-corrected chi connectivity index (χ4v) is 3.71. The predicted molar refractivity (Wildman–Crippen MR) is 78.3 cm³/mol. The molecule has 0 atom stereocenters. The molecule has 1 rings (SSSR count). The van der Waals surface area contributed by atoms with E-state index in [0.29, 0.717) is 0 Å². The average molecular weight is 525 g/mol. The van der Waals surface area contributed by atoms with Gasteiger partial charge >= 0.3 is 29.6 Å². The molecule has 1 aromatic carbocycles. The molecular formula is C8H6Br3NaO6S2. The predicted octanol–water partition coefficient (Wildman–Crippen LogP) is -0.858. The molecule has 0 aromatic heterocycles. The Labute approximate surface area is 164 Å². The molecule has 6 nitrogen and oxygen atoms in total. The van der Waals surface area contributed by atoms with E-state index in [-0.39, 0.29) is 40.2 Å². The topological polar surface area (TPSA) is 101 Å². The molecule has 20 heavy (non-hydrogen) atoms. The second-order valence-electron chi connectivity index (χ2n) is 3.24. The zero-order chi connectivity index (χ0) is 14.9. The second kappa shape index (κ2) is 7.73. The van der Waals surface area contributed by atoms with Crippen LogP contribution < -0.4 is 34.3 Å². The van der Waals surface area contributed by atoms with Crippen molar-refractivity contribution >= 4 is 67.7 Å². The first-order valence-electron chi connectivity index (χ1n) is 4.41. The van der Waals surface area contributed by atoms with Crippen molar-refractivity contribution in [3.63, 3.8) is 0 Å². The second-order valence-corrected chi connectivity index (χ2v) is 15.0. The zero-order valence-electron chi connectivity index (χ0n) is 9.92. The van der Waals surface area contributed by atoms with Crippen LogP contribution in [-0.2, 0) is 20.0 Å². The molecule has 0 spiro atoms. The van der Waals surface area contributed by atoms with E-state index in [1.807, 2.05) is 0 Å². The van der Waals surface area contributed by atoms with Crippen molar-refractivity contribution in [1.29, 1.82) is 0 Å². The fourth-order valence-electron chi connectivity index (χ4n) is 0.989. The normalized spacial score (nSPS) is 12.6. The third kappa shape index (κ3) is 6.21. The number of alkyl halides is 3. The van der Waals surface area contributed by atoms with Crippen molar-refractivity contribution in [1.82, 2.24) is 0 Å². The first kappa shape index (κ1) is 21.3. The first-order chi connectivity index (χ1) is 8.43. The van der Waals surface area contributed by atoms with E-state index in [1.165, 1.54) is 24.3 Å².